The van der Waals surface area contributed by atoms with E-state index in [2.05, 4.69) is 57.8 Å². The number of aromatic carboxylic acids is 1. The van der Waals surface area contributed by atoms with E-state index < -0.39 is 5.97 Å². The summed E-state index contributed by atoms with van der Waals surface area (Å²) in [7, 11) is 0. The SMILES string of the molecule is O=C(O)c1cncnc1COc1c(Br)cc(Br)cc1Br. The number of aromatic nitrogens is 2. The van der Waals surface area contributed by atoms with E-state index in [0.717, 1.165) is 13.4 Å². The van der Waals surface area contributed by atoms with Gasteiger partial charge in [0.05, 0.1) is 14.6 Å². The Balaban J connectivity index is 2.24. The molecular formula is C12H7Br3N2O3. The lowest BCUT2D eigenvalue weighted by atomic mass is 10.2. The van der Waals surface area contributed by atoms with Crippen LogP contribution in [0.5, 0.6) is 5.75 Å². The number of hydrogen-bond donors (Lipinski definition) is 1. The Labute approximate surface area is 139 Å². The van der Waals surface area contributed by atoms with Gasteiger partial charge in [0.25, 0.3) is 0 Å². The summed E-state index contributed by atoms with van der Waals surface area (Å²) in [4.78, 5) is 18.7. The minimum Gasteiger partial charge on any atom is -0.485 e. The van der Waals surface area contributed by atoms with Crippen molar-refractivity contribution in [3.8, 4) is 5.75 Å². The molecule has 104 valence electrons. The van der Waals surface area contributed by atoms with Gasteiger partial charge in [0, 0.05) is 10.7 Å². The van der Waals surface area contributed by atoms with Crippen molar-refractivity contribution in [2.45, 2.75) is 6.61 Å². The van der Waals surface area contributed by atoms with E-state index in [1.54, 1.807) is 0 Å². The number of hydrogen-bond acceptors (Lipinski definition) is 4. The fraction of sp³-hybridized carbons (Fsp3) is 0.0833. The molecule has 0 amide bonds. The molecule has 0 atom stereocenters. The molecule has 0 aliphatic rings. The van der Waals surface area contributed by atoms with Crippen molar-refractivity contribution < 1.29 is 14.6 Å². The average molecular weight is 467 g/mol. The first kappa shape index (κ1) is 15.4. The molecule has 0 spiro atoms. The van der Waals surface area contributed by atoms with Crippen LogP contribution in [-0.4, -0.2) is 21.0 Å². The molecule has 2 aromatic rings. The summed E-state index contributed by atoms with van der Waals surface area (Å²) >= 11 is 10.1. The Hall–Kier alpha value is -0.990. The first-order valence-electron chi connectivity index (χ1n) is 5.28. The lowest BCUT2D eigenvalue weighted by Gasteiger charge is -2.11. The molecule has 0 aliphatic carbocycles. The number of carboxylic acid groups (broad SMARTS) is 1. The number of ether oxygens (including phenoxy) is 1. The Morgan fingerprint density at radius 1 is 1.25 bits per heavy atom. The maximum Gasteiger partial charge on any atom is 0.339 e. The zero-order valence-electron chi connectivity index (χ0n) is 9.81. The van der Waals surface area contributed by atoms with Gasteiger partial charge in [-0.05, 0) is 44.0 Å². The second kappa shape index (κ2) is 6.64. The minimum atomic E-state index is -1.09. The van der Waals surface area contributed by atoms with Gasteiger partial charge in [-0.2, -0.15) is 0 Å². The standard InChI is InChI=1S/C12H7Br3N2O3/c13-6-1-8(14)11(9(15)2-6)20-4-10-7(12(18)19)3-16-5-17-10/h1-3,5H,4H2,(H,18,19). The van der Waals surface area contributed by atoms with Crippen LogP contribution >= 0.6 is 47.8 Å². The van der Waals surface area contributed by atoms with Gasteiger partial charge in [0.2, 0.25) is 0 Å². The molecular weight excluding hydrogens is 460 g/mol. The van der Waals surface area contributed by atoms with Gasteiger partial charge in [-0.25, -0.2) is 14.8 Å². The maximum atomic E-state index is 11.1. The topological polar surface area (TPSA) is 72.3 Å². The summed E-state index contributed by atoms with van der Waals surface area (Å²) in [6.45, 7) is 0.0307. The van der Waals surface area contributed by atoms with E-state index in [1.165, 1.54) is 12.5 Å². The van der Waals surface area contributed by atoms with Crippen LogP contribution in [-0.2, 0) is 6.61 Å². The lowest BCUT2D eigenvalue weighted by molar-refractivity contribution is 0.0692. The van der Waals surface area contributed by atoms with E-state index in [1.807, 2.05) is 12.1 Å². The second-order valence-corrected chi connectivity index (χ2v) is 6.30. The van der Waals surface area contributed by atoms with Gasteiger partial charge in [0.15, 0.2) is 0 Å². The van der Waals surface area contributed by atoms with Crippen molar-refractivity contribution in [2.75, 3.05) is 0 Å². The summed E-state index contributed by atoms with van der Waals surface area (Å²) in [5.74, 6) is -0.513. The van der Waals surface area contributed by atoms with E-state index in [9.17, 15) is 4.79 Å². The number of nitrogens with zero attached hydrogens (tertiary/aromatic N) is 2. The molecule has 0 radical (unpaired) electrons. The molecule has 1 aromatic carbocycles. The molecule has 0 aliphatic heterocycles. The van der Waals surface area contributed by atoms with Crippen LogP contribution in [0.25, 0.3) is 0 Å². The van der Waals surface area contributed by atoms with Crippen molar-refractivity contribution in [3.05, 3.63) is 49.3 Å². The predicted molar refractivity (Wildman–Crippen MR) is 82.9 cm³/mol. The van der Waals surface area contributed by atoms with Crippen molar-refractivity contribution in [1.82, 2.24) is 9.97 Å². The van der Waals surface area contributed by atoms with E-state index >= 15 is 0 Å². The van der Waals surface area contributed by atoms with E-state index in [0.29, 0.717) is 11.4 Å². The highest BCUT2D eigenvalue weighted by molar-refractivity contribution is 9.11. The summed E-state index contributed by atoms with van der Waals surface area (Å²) in [5, 5.41) is 9.05. The smallest absolute Gasteiger partial charge is 0.339 e. The number of rotatable bonds is 4. The predicted octanol–water partition coefficient (Wildman–Crippen LogP) is 4.04. The molecule has 1 N–H and O–H groups in total. The summed E-state index contributed by atoms with van der Waals surface area (Å²) < 4.78 is 8.00. The van der Waals surface area contributed by atoms with Crippen LogP contribution < -0.4 is 4.74 Å². The minimum absolute atomic E-state index is 0.0249. The van der Waals surface area contributed by atoms with E-state index in [-0.39, 0.29) is 12.2 Å². The normalized spacial score (nSPS) is 10.3. The molecule has 0 unspecified atom stereocenters. The van der Waals surface area contributed by atoms with Crippen LogP contribution in [0.4, 0.5) is 0 Å². The van der Waals surface area contributed by atoms with Crippen LogP contribution in [0, 0.1) is 0 Å². The number of benzene rings is 1. The third-order valence-electron chi connectivity index (χ3n) is 2.34. The van der Waals surface area contributed by atoms with Gasteiger partial charge >= 0.3 is 5.97 Å². The summed E-state index contributed by atoms with van der Waals surface area (Å²) in [6, 6.07) is 3.66. The number of carbonyl (C=O) groups is 1. The zero-order chi connectivity index (χ0) is 14.7. The number of carboxylic acids is 1. The van der Waals surface area contributed by atoms with E-state index in [4.69, 9.17) is 9.84 Å². The van der Waals surface area contributed by atoms with Gasteiger partial charge in [-0.15, -0.1) is 0 Å². The monoisotopic (exact) mass is 464 g/mol. The highest BCUT2D eigenvalue weighted by Crippen LogP contribution is 2.36. The first-order chi connectivity index (χ1) is 9.49. The highest BCUT2D eigenvalue weighted by atomic mass is 79.9. The molecule has 0 bridgehead atoms. The van der Waals surface area contributed by atoms with Crippen molar-refractivity contribution in [3.63, 3.8) is 0 Å². The lowest BCUT2D eigenvalue weighted by Crippen LogP contribution is -2.09. The molecule has 1 aromatic heterocycles. The Kier molecular flexibility index (Phi) is 5.11. The fourth-order valence-electron chi connectivity index (χ4n) is 1.46. The third-order valence-corrected chi connectivity index (χ3v) is 3.98. The quantitative estimate of drug-likeness (QED) is 0.736. The Bertz CT molecular complexity index is 641. The van der Waals surface area contributed by atoms with Crippen molar-refractivity contribution in [1.29, 1.82) is 0 Å². The molecule has 1 heterocycles. The second-order valence-electron chi connectivity index (χ2n) is 3.68. The molecule has 5 nitrogen and oxygen atoms in total. The molecule has 0 saturated heterocycles. The average Bonchev–Trinajstić information content (AvgIpc) is 2.37. The molecule has 0 saturated carbocycles. The summed E-state index contributed by atoms with van der Waals surface area (Å²) in [5.41, 5.74) is 0.339. The zero-order valence-corrected chi connectivity index (χ0v) is 14.6. The van der Waals surface area contributed by atoms with Crippen LogP contribution in [0.1, 0.15) is 16.1 Å². The van der Waals surface area contributed by atoms with Gasteiger partial charge < -0.3 is 9.84 Å². The number of halogens is 3. The Morgan fingerprint density at radius 3 is 2.50 bits per heavy atom. The third kappa shape index (κ3) is 3.56. The largest absolute Gasteiger partial charge is 0.485 e. The first-order valence-corrected chi connectivity index (χ1v) is 7.66. The van der Waals surface area contributed by atoms with Gasteiger partial charge in [-0.3, -0.25) is 0 Å². The molecule has 2 rings (SSSR count). The summed E-state index contributed by atoms with van der Waals surface area (Å²) in [6.07, 6.45) is 2.54. The van der Waals surface area contributed by atoms with Crippen molar-refractivity contribution >= 4 is 53.8 Å². The fourth-order valence-corrected chi connectivity index (χ4v) is 3.94. The van der Waals surface area contributed by atoms with Crippen LogP contribution in [0.3, 0.4) is 0 Å². The van der Waals surface area contributed by atoms with Crippen LogP contribution in [0.15, 0.2) is 38.1 Å². The molecule has 8 heteroatoms. The van der Waals surface area contributed by atoms with Crippen molar-refractivity contribution in [2.24, 2.45) is 0 Å². The van der Waals surface area contributed by atoms with Gasteiger partial charge in [0.1, 0.15) is 24.2 Å². The highest BCUT2D eigenvalue weighted by Gasteiger charge is 2.14. The molecule has 0 fully saturated rings. The Morgan fingerprint density at radius 2 is 1.90 bits per heavy atom. The molecule has 20 heavy (non-hydrogen) atoms. The maximum absolute atomic E-state index is 11.1. The van der Waals surface area contributed by atoms with Crippen LogP contribution in [0.2, 0.25) is 0 Å². The van der Waals surface area contributed by atoms with Gasteiger partial charge in [-0.1, -0.05) is 15.9 Å².